The van der Waals surface area contributed by atoms with E-state index in [4.69, 9.17) is 10.1 Å². The van der Waals surface area contributed by atoms with E-state index in [0.717, 1.165) is 17.0 Å². The standard InChI is InChI=1S/C20H20N6O2S/c1-28-14-5-3-13(4-6-14)15-12-29-19(25-15)17-16(27)11-26(18(17)21)10-9-24-20-22-7-2-8-23-20/h2-8,12,21,27H,9-11H2,1H3,(H,22,23,24). The molecule has 1 aliphatic heterocycles. The second-order valence-electron chi connectivity index (χ2n) is 6.36. The molecule has 29 heavy (non-hydrogen) atoms. The molecule has 1 aliphatic rings. The van der Waals surface area contributed by atoms with E-state index >= 15 is 0 Å². The van der Waals surface area contributed by atoms with E-state index in [2.05, 4.69) is 20.3 Å². The Morgan fingerprint density at radius 3 is 2.72 bits per heavy atom. The van der Waals surface area contributed by atoms with E-state index in [9.17, 15) is 5.11 Å². The third-order valence-electron chi connectivity index (χ3n) is 4.52. The summed E-state index contributed by atoms with van der Waals surface area (Å²) in [4.78, 5) is 14.7. The van der Waals surface area contributed by atoms with Gasteiger partial charge in [0.25, 0.3) is 0 Å². The summed E-state index contributed by atoms with van der Waals surface area (Å²) in [6.07, 6.45) is 3.34. The van der Waals surface area contributed by atoms with E-state index < -0.39 is 0 Å². The van der Waals surface area contributed by atoms with Gasteiger partial charge < -0.3 is 20.1 Å². The minimum atomic E-state index is 0.168. The van der Waals surface area contributed by atoms with Crippen LogP contribution in [0, 0.1) is 5.41 Å². The summed E-state index contributed by atoms with van der Waals surface area (Å²) < 4.78 is 5.19. The minimum Gasteiger partial charge on any atom is -0.510 e. The normalized spacial score (nSPS) is 13.8. The maximum Gasteiger partial charge on any atom is 0.222 e. The van der Waals surface area contributed by atoms with Gasteiger partial charge in [-0.2, -0.15) is 0 Å². The van der Waals surface area contributed by atoms with Crippen molar-refractivity contribution in [2.24, 2.45) is 0 Å². The number of hydrogen-bond acceptors (Lipinski definition) is 8. The molecule has 148 valence electrons. The molecule has 0 saturated carbocycles. The topological polar surface area (TPSA) is 107 Å². The van der Waals surface area contributed by atoms with Crippen molar-refractivity contribution in [2.75, 3.05) is 32.1 Å². The molecule has 0 aliphatic carbocycles. The number of aromatic nitrogens is 3. The first-order valence-electron chi connectivity index (χ1n) is 9.03. The van der Waals surface area contributed by atoms with Crippen LogP contribution < -0.4 is 10.1 Å². The van der Waals surface area contributed by atoms with Crippen molar-refractivity contribution < 1.29 is 9.84 Å². The second kappa shape index (κ2) is 8.27. The first-order valence-corrected chi connectivity index (χ1v) is 9.91. The van der Waals surface area contributed by atoms with Crippen LogP contribution >= 0.6 is 11.3 Å². The lowest BCUT2D eigenvalue weighted by Crippen LogP contribution is -2.31. The van der Waals surface area contributed by atoms with Crippen LogP contribution in [-0.2, 0) is 0 Å². The minimum absolute atomic E-state index is 0.168. The number of nitrogens with one attached hydrogen (secondary N) is 2. The number of methoxy groups -OCH3 is 1. The van der Waals surface area contributed by atoms with E-state index in [-0.39, 0.29) is 11.6 Å². The number of aliphatic hydroxyl groups is 1. The summed E-state index contributed by atoms with van der Waals surface area (Å²) in [6.45, 7) is 1.40. The third kappa shape index (κ3) is 4.04. The Balaban J connectivity index is 1.42. The number of aliphatic hydroxyl groups excluding tert-OH is 1. The molecule has 0 spiro atoms. The summed E-state index contributed by atoms with van der Waals surface area (Å²) in [7, 11) is 1.63. The SMILES string of the molecule is COc1ccc(-c2csc(C3=C(O)CN(CCNc4ncccn4)C3=N)n2)cc1. The van der Waals surface area contributed by atoms with Gasteiger partial charge in [0.1, 0.15) is 22.4 Å². The molecule has 3 heterocycles. The molecule has 0 unspecified atom stereocenters. The van der Waals surface area contributed by atoms with Crippen molar-refractivity contribution in [1.82, 2.24) is 19.9 Å². The maximum atomic E-state index is 10.4. The Kier molecular flexibility index (Phi) is 5.39. The highest BCUT2D eigenvalue weighted by molar-refractivity contribution is 7.11. The number of hydrogen-bond donors (Lipinski definition) is 3. The maximum absolute atomic E-state index is 10.4. The number of amidine groups is 1. The summed E-state index contributed by atoms with van der Waals surface area (Å²) in [5.41, 5.74) is 2.26. The number of ether oxygens (including phenoxy) is 1. The van der Waals surface area contributed by atoms with Gasteiger partial charge in [0.05, 0.1) is 24.9 Å². The zero-order valence-electron chi connectivity index (χ0n) is 15.8. The summed E-state index contributed by atoms with van der Waals surface area (Å²) in [6, 6.07) is 9.40. The zero-order valence-corrected chi connectivity index (χ0v) is 16.6. The summed E-state index contributed by atoms with van der Waals surface area (Å²) in [5, 5.41) is 24.6. The van der Waals surface area contributed by atoms with E-state index in [1.807, 2.05) is 29.6 Å². The molecule has 0 amide bonds. The Hall–Kier alpha value is -3.46. The fourth-order valence-corrected chi connectivity index (χ4v) is 3.92. The molecular formula is C20H20N6O2S. The van der Waals surface area contributed by atoms with Crippen LogP contribution in [0.3, 0.4) is 0 Å². The van der Waals surface area contributed by atoms with Gasteiger partial charge in [0.2, 0.25) is 5.95 Å². The van der Waals surface area contributed by atoms with Gasteiger partial charge in [-0.1, -0.05) is 0 Å². The van der Waals surface area contributed by atoms with Gasteiger partial charge >= 0.3 is 0 Å². The average molecular weight is 408 g/mol. The van der Waals surface area contributed by atoms with Gasteiger partial charge in [-0.3, -0.25) is 5.41 Å². The molecule has 0 fully saturated rings. The summed E-state index contributed by atoms with van der Waals surface area (Å²) in [5.74, 6) is 1.77. The highest BCUT2D eigenvalue weighted by Crippen LogP contribution is 2.32. The van der Waals surface area contributed by atoms with Gasteiger partial charge in [-0.25, -0.2) is 15.0 Å². The number of thiazole rings is 1. The predicted molar refractivity (Wildman–Crippen MR) is 113 cm³/mol. The third-order valence-corrected chi connectivity index (χ3v) is 5.38. The van der Waals surface area contributed by atoms with Crippen molar-refractivity contribution in [3.63, 3.8) is 0 Å². The van der Waals surface area contributed by atoms with Crippen LogP contribution in [0.1, 0.15) is 5.01 Å². The smallest absolute Gasteiger partial charge is 0.222 e. The van der Waals surface area contributed by atoms with E-state index in [1.54, 1.807) is 30.5 Å². The van der Waals surface area contributed by atoms with Gasteiger partial charge in [-0.15, -0.1) is 11.3 Å². The van der Waals surface area contributed by atoms with Crippen molar-refractivity contribution in [1.29, 1.82) is 5.41 Å². The van der Waals surface area contributed by atoms with Crippen LogP contribution in [0.5, 0.6) is 5.75 Å². The first-order chi connectivity index (χ1) is 14.2. The largest absolute Gasteiger partial charge is 0.510 e. The lowest BCUT2D eigenvalue weighted by atomic mass is 10.1. The van der Waals surface area contributed by atoms with E-state index in [1.165, 1.54) is 11.3 Å². The molecular weight excluding hydrogens is 388 g/mol. The Morgan fingerprint density at radius 1 is 1.24 bits per heavy atom. The molecule has 9 heteroatoms. The molecule has 0 saturated heterocycles. The Morgan fingerprint density at radius 2 is 2.00 bits per heavy atom. The van der Waals surface area contributed by atoms with E-state index in [0.29, 0.717) is 36.2 Å². The predicted octanol–water partition coefficient (Wildman–Crippen LogP) is 3.28. The van der Waals surface area contributed by atoms with Crippen molar-refractivity contribution in [3.8, 4) is 17.0 Å². The van der Waals surface area contributed by atoms with Crippen LogP contribution in [0.4, 0.5) is 5.95 Å². The number of rotatable bonds is 7. The van der Waals surface area contributed by atoms with Gasteiger partial charge in [-0.05, 0) is 30.3 Å². The molecule has 4 rings (SSSR count). The van der Waals surface area contributed by atoms with Crippen molar-refractivity contribution >= 4 is 28.7 Å². The van der Waals surface area contributed by atoms with Crippen LogP contribution in [0.15, 0.2) is 53.9 Å². The van der Waals surface area contributed by atoms with Crippen LogP contribution in [0.2, 0.25) is 0 Å². The van der Waals surface area contributed by atoms with Crippen LogP contribution in [0.25, 0.3) is 16.8 Å². The zero-order chi connectivity index (χ0) is 20.2. The second-order valence-corrected chi connectivity index (χ2v) is 7.22. The average Bonchev–Trinajstić information content (AvgIpc) is 3.33. The lowest BCUT2D eigenvalue weighted by Gasteiger charge is -2.18. The fourth-order valence-electron chi connectivity index (χ4n) is 3.03. The monoisotopic (exact) mass is 408 g/mol. The lowest BCUT2D eigenvalue weighted by molar-refractivity contribution is 0.354. The van der Waals surface area contributed by atoms with Gasteiger partial charge in [0, 0.05) is 36.4 Å². The molecule has 3 N–H and O–H groups in total. The molecule has 0 bridgehead atoms. The quantitative estimate of drug-likeness (QED) is 0.551. The highest BCUT2D eigenvalue weighted by Gasteiger charge is 2.30. The first kappa shape index (κ1) is 18.9. The fraction of sp³-hybridized carbons (Fsp3) is 0.200. The summed E-state index contributed by atoms with van der Waals surface area (Å²) >= 11 is 1.42. The van der Waals surface area contributed by atoms with Crippen molar-refractivity contribution in [2.45, 2.75) is 0 Å². The molecule has 0 atom stereocenters. The number of benzene rings is 1. The molecule has 8 nitrogen and oxygen atoms in total. The van der Waals surface area contributed by atoms with Crippen LogP contribution in [-0.4, -0.2) is 57.5 Å². The molecule has 3 aromatic rings. The Bertz CT molecular complexity index is 1030. The molecule has 2 aromatic heterocycles. The Labute approximate surface area is 172 Å². The highest BCUT2D eigenvalue weighted by atomic mass is 32.1. The number of nitrogens with zero attached hydrogens (tertiary/aromatic N) is 4. The van der Waals surface area contributed by atoms with Crippen molar-refractivity contribution in [3.05, 3.63) is 58.9 Å². The molecule has 0 radical (unpaired) electrons. The number of anilines is 1. The van der Waals surface area contributed by atoms with Gasteiger partial charge in [0.15, 0.2) is 0 Å². The molecule has 1 aromatic carbocycles.